The van der Waals surface area contributed by atoms with Crippen LogP contribution in [0.4, 0.5) is 0 Å². The molecule has 5 heteroatoms. The lowest BCUT2D eigenvalue weighted by atomic mass is 9.98. The highest BCUT2D eigenvalue weighted by Crippen LogP contribution is 2.13. The van der Waals surface area contributed by atoms with Crippen LogP contribution in [-0.2, 0) is 16.0 Å². The lowest BCUT2D eigenvalue weighted by molar-refractivity contribution is -0.145. The lowest BCUT2D eigenvalue weighted by Gasteiger charge is -2.08. The molecule has 0 saturated heterocycles. The number of nitrogens with two attached hydrogens (primary N) is 1. The van der Waals surface area contributed by atoms with Gasteiger partial charge in [0.25, 0.3) is 0 Å². The molecule has 0 saturated carbocycles. The van der Waals surface area contributed by atoms with Crippen molar-refractivity contribution in [2.45, 2.75) is 12.8 Å². The Balaban J connectivity index is 2.53. The summed E-state index contributed by atoms with van der Waals surface area (Å²) < 4.78 is 5.02. The normalized spacial score (nSPS) is 11.9. The fraction of sp³-hybridized carbons (Fsp3) is 0.385. The molecule has 0 aliphatic carbocycles. The molecule has 0 amide bonds. The zero-order valence-electron chi connectivity index (χ0n) is 10.3. The molecule has 98 valence electrons. The number of rotatable bonds is 7. The summed E-state index contributed by atoms with van der Waals surface area (Å²) in [6.07, 6.45) is 0.688. The van der Waals surface area contributed by atoms with Crippen molar-refractivity contribution < 1.29 is 19.4 Å². The van der Waals surface area contributed by atoms with Crippen molar-refractivity contribution in [1.29, 1.82) is 0 Å². The zero-order valence-corrected chi connectivity index (χ0v) is 10.3. The summed E-state index contributed by atoms with van der Waals surface area (Å²) in [5, 5.41) is 8.79. The summed E-state index contributed by atoms with van der Waals surface area (Å²) in [5.74, 6) is -1.84. The summed E-state index contributed by atoms with van der Waals surface area (Å²) in [6, 6.07) is 7.31. The zero-order chi connectivity index (χ0) is 13.5. The van der Waals surface area contributed by atoms with Gasteiger partial charge in [0.15, 0.2) is 0 Å². The van der Waals surface area contributed by atoms with E-state index in [-0.39, 0.29) is 18.7 Å². The molecule has 0 heterocycles. The molecule has 1 aromatic carbocycles. The molecule has 1 atom stereocenters. The van der Waals surface area contributed by atoms with E-state index >= 15 is 0 Å². The molecule has 0 aromatic heterocycles. The molecule has 1 rings (SSSR count). The van der Waals surface area contributed by atoms with Crippen LogP contribution in [0.2, 0.25) is 0 Å². The Hall–Kier alpha value is -1.88. The third kappa shape index (κ3) is 3.85. The Kier molecular flexibility index (Phi) is 5.32. The number of ketones is 1. The van der Waals surface area contributed by atoms with Crippen molar-refractivity contribution in [3.8, 4) is 5.75 Å². The fourth-order valence-electron chi connectivity index (χ4n) is 1.60. The first-order valence-corrected chi connectivity index (χ1v) is 5.67. The topological polar surface area (TPSA) is 89.6 Å². The molecule has 0 radical (unpaired) electrons. The standard InChI is InChI=1S/C13H17NO4/c1-18-10-5-2-9(3-6-10)4-7-12(15)11(8-14)13(16)17/h2-3,5-6,11H,4,7-8,14H2,1H3,(H,16,17). The van der Waals surface area contributed by atoms with Gasteiger partial charge in [-0.1, -0.05) is 12.1 Å². The van der Waals surface area contributed by atoms with E-state index < -0.39 is 11.9 Å². The Morgan fingerprint density at radius 1 is 1.33 bits per heavy atom. The van der Waals surface area contributed by atoms with Crippen LogP contribution in [0.15, 0.2) is 24.3 Å². The van der Waals surface area contributed by atoms with Crippen LogP contribution in [0.3, 0.4) is 0 Å². The van der Waals surface area contributed by atoms with E-state index in [1.807, 2.05) is 12.1 Å². The first-order chi connectivity index (χ1) is 8.58. The molecule has 0 aliphatic rings. The number of benzene rings is 1. The number of Topliss-reactive ketones (excluding diaryl/α,β-unsaturated/α-hetero) is 1. The number of aryl methyl sites for hydroxylation is 1. The summed E-state index contributed by atoms with van der Waals surface area (Å²) in [6.45, 7) is -0.156. The van der Waals surface area contributed by atoms with E-state index in [0.717, 1.165) is 11.3 Å². The summed E-state index contributed by atoms with van der Waals surface area (Å²) >= 11 is 0. The van der Waals surface area contributed by atoms with E-state index in [4.69, 9.17) is 15.6 Å². The van der Waals surface area contributed by atoms with E-state index in [9.17, 15) is 9.59 Å². The van der Waals surface area contributed by atoms with Crippen LogP contribution in [0.1, 0.15) is 12.0 Å². The second-order valence-corrected chi connectivity index (χ2v) is 3.94. The second-order valence-electron chi connectivity index (χ2n) is 3.94. The highest BCUT2D eigenvalue weighted by atomic mass is 16.5. The van der Waals surface area contributed by atoms with Crippen molar-refractivity contribution in [2.75, 3.05) is 13.7 Å². The molecule has 18 heavy (non-hydrogen) atoms. The van der Waals surface area contributed by atoms with Crippen molar-refractivity contribution in [3.63, 3.8) is 0 Å². The number of aliphatic carboxylic acids is 1. The summed E-state index contributed by atoms with van der Waals surface area (Å²) in [5.41, 5.74) is 6.23. The van der Waals surface area contributed by atoms with Gasteiger partial charge in [0.05, 0.1) is 7.11 Å². The van der Waals surface area contributed by atoms with Crippen molar-refractivity contribution >= 4 is 11.8 Å². The van der Waals surface area contributed by atoms with Gasteiger partial charge in [0.2, 0.25) is 0 Å². The van der Waals surface area contributed by atoms with E-state index in [1.165, 1.54) is 0 Å². The van der Waals surface area contributed by atoms with E-state index in [1.54, 1.807) is 19.2 Å². The highest BCUT2D eigenvalue weighted by Gasteiger charge is 2.23. The number of hydrogen-bond donors (Lipinski definition) is 2. The average Bonchev–Trinajstić information content (AvgIpc) is 2.37. The first kappa shape index (κ1) is 14.2. The summed E-state index contributed by atoms with van der Waals surface area (Å²) in [7, 11) is 1.58. The Morgan fingerprint density at radius 3 is 2.39 bits per heavy atom. The number of carbonyl (C=O) groups is 2. The van der Waals surface area contributed by atoms with Crippen molar-refractivity contribution in [1.82, 2.24) is 0 Å². The largest absolute Gasteiger partial charge is 0.497 e. The minimum Gasteiger partial charge on any atom is -0.497 e. The molecule has 0 fully saturated rings. The van der Waals surface area contributed by atoms with Gasteiger partial charge in [-0.05, 0) is 24.1 Å². The lowest BCUT2D eigenvalue weighted by Crippen LogP contribution is -2.31. The van der Waals surface area contributed by atoms with Crippen LogP contribution in [0.5, 0.6) is 5.75 Å². The average molecular weight is 251 g/mol. The van der Waals surface area contributed by atoms with Crippen molar-refractivity contribution in [3.05, 3.63) is 29.8 Å². The SMILES string of the molecule is COc1ccc(CCC(=O)C(CN)C(=O)O)cc1. The molecule has 3 N–H and O–H groups in total. The summed E-state index contributed by atoms with van der Waals surface area (Å²) in [4.78, 5) is 22.4. The highest BCUT2D eigenvalue weighted by molar-refractivity contribution is 5.98. The predicted molar refractivity (Wildman–Crippen MR) is 66.5 cm³/mol. The van der Waals surface area contributed by atoms with Crippen LogP contribution < -0.4 is 10.5 Å². The molecule has 5 nitrogen and oxygen atoms in total. The minimum absolute atomic E-state index is 0.156. The second kappa shape index (κ2) is 6.76. The molecule has 0 spiro atoms. The molecular weight excluding hydrogens is 234 g/mol. The fourth-order valence-corrected chi connectivity index (χ4v) is 1.60. The van der Waals surface area contributed by atoms with Gasteiger partial charge in [0, 0.05) is 13.0 Å². The van der Waals surface area contributed by atoms with Crippen LogP contribution >= 0.6 is 0 Å². The number of carboxylic acid groups (broad SMARTS) is 1. The minimum atomic E-state index is -1.16. The number of hydrogen-bond acceptors (Lipinski definition) is 4. The number of ether oxygens (including phenoxy) is 1. The monoisotopic (exact) mass is 251 g/mol. The Labute approximate surface area is 106 Å². The quantitative estimate of drug-likeness (QED) is 0.701. The maximum atomic E-state index is 11.6. The maximum absolute atomic E-state index is 11.6. The van der Waals surface area contributed by atoms with Gasteiger partial charge in [-0.2, -0.15) is 0 Å². The van der Waals surface area contributed by atoms with Crippen LogP contribution in [-0.4, -0.2) is 30.5 Å². The van der Waals surface area contributed by atoms with Gasteiger partial charge in [-0.15, -0.1) is 0 Å². The third-order valence-corrected chi connectivity index (χ3v) is 2.74. The number of carbonyl (C=O) groups excluding carboxylic acids is 1. The smallest absolute Gasteiger partial charge is 0.315 e. The van der Waals surface area contributed by atoms with E-state index in [2.05, 4.69) is 0 Å². The molecule has 0 bridgehead atoms. The number of methoxy groups -OCH3 is 1. The first-order valence-electron chi connectivity index (χ1n) is 5.67. The maximum Gasteiger partial charge on any atom is 0.315 e. The van der Waals surface area contributed by atoms with Gasteiger partial charge < -0.3 is 15.6 Å². The van der Waals surface area contributed by atoms with Gasteiger partial charge in [-0.3, -0.25) is 9.59 Å². The van der Waals surface area contributed by atoms with Crippen molar-refractivity contribution in [2.24, 2.45) is 11.7 Å². The van der Waals surface area contributed by atoms with Gasteiger partial charge in [0.1, 0.15) is 17.5 Å². The Bertz CT molecular complexity index is 414. The van der Waals surface area contributed by atoms with Gasteiger partial charge >= 0.3 is 5.97 Å². The van der Waals surface area contributed by atoms with Crippen LogP contribution in [0.25, 0.3) is 0 Å². The van der Waals surface area contributed by atoms with Gasteiger partial charge in [-0.25, -0.2) is 0 Å². The molecule has 0 aliphatic heterocycles. The molecule has 1 aromatic rings. The third-order valence-electron chi connectivity index (χ3n) is 2.74. The van der Waals surface area contributed by atoms with Crippen LogP contribution in [0, 0.1) is 5.92 Å². The molecular formula is C13H17NO4. The van der Waals surface area contributed by atoms with E-state index in [0.29, 0.717) is 6.42 Å². The Morgan fingerprint density at radius 2 is 1.94 bits per heavy atom. The molecule has 1 unspecified atom stereocenters. The number of carboxylic acids is 1. The predicted octanol–water partition coefficient (Wildman–Crippen LogP) is 0.856.